The average Bonchev–Trinajstić information content (AvgIpc) is 2.58. The molecule has 2 nitrogen and oxygen atoms in total. The molecule has 0 aliphatic rings. The van der Waals surface area contributed by atoms with Crippen molar-refractivity contribution >= 4 is 0 Å². The van der Waals surface area contributed by atoms with Crippen LogP contribution < -0.4 is 0 Å². The van der Waals surface area contributed by atoms with Crippen LogP contribution in [0, 0.1) is 0 Å². The summed E-state index contributed by atoms with van der Waals surface area (Å²) in [5.74, 6) is 0. The second-order valence-electron chi connectivity index (χ2n) is 4.42. The lowest BCUT2D eigenvalue weighted by Crippen LogP contribution is -1.84. The van der Waals surface area contributed by atoms with Gasteiger partial charge in [-0.15, -0.1) is 0 Å². The van der Waals surface area contributed by atoms with E-state index in [2.05, 4.69) is 13.8 Å². The van der Waals surface area contributed by atoms with Crippen molar-refractivity contribution in [3.63, 3.8) is 0 Å². The molecule has 0 aromatic heterocycles. The van der Waals surface area contributed by atoms with Crippen molar-refractivity contribution in [3.8, 4) is 0 Å². The van der Waals surface area contributed by atoms with E-state index < -0.39 is 0 Å². The van der Waals surface area contributed by atoms with E-state index in [-0.39, 0.29) is 0 Å². The molecule has 0 unspecified atom stereocenters. The van der Waals surface area contributed by atoms with Crippen LogP contribution in [0.1, 0.15) is 67.2 Å². The van der Waals surface area contributed by atoms with Crippen LogP contribution >= 0.6 is 0 Å². The molecule has 1 aromatic rings. The first-order chi connectivity index (χ1) is 10.7. The molecule has 0 spiro atoms. The fourth-order valence-electron chi connectivity index (χ4n) is 1.29. The second kappa shape index (κ2) is 32.2. The van der Waals surface area contributed by atoms with E-state index in [0.717, 1.165) is 26.4 Å². The molecule has 22 heavy (non-hydrogen) atoms. The molecule has 2 heteroatoms. The Morgan fingerprint density at radius 2 is 0.682 bits per heavy atom. The molecule has 0 saturated heterocycles. The molecule has 0 atom stereocenters. The van der Waals surface area contributed by atoms with Crippen LogP contribution in [0.4, 0.5) is 0 Å². The van der Waals surface area contributed by atoms with Crippen LogP contribution in [0.25, 0.3) is 0 Å². The lowest BCUT2D eigenvalue weighted by Gasteiger charge is -1.86. The predicted octanol–water partition coefficient (Wildman–Crippen LogP) is 6.36. The van der Waals surface area contributed by atoms with Gasteiger partial charge in [0.2, 0.25) is 0 Å². The molecule has 0 bridgehead atoms. The normalized spacial score (nSPS) is 8.45. The van der Waals surface area contributed by atoms with Gasteiger partial charge in [-0.25, -0.2) is 0 Å². The maximum absolute atomic E-state index is 4.83. The van der Waals surface area contributed by atoms with Gasteiger partial charge in [0, 0.05) is 26.4 Å². The van der Waals surface area contributed by atoms with Crippen molar-refractivity contribution in [2.45, 2.75) is 67.2 Å². The number of hydrogen-bond acceptors (Lipinski definition) is 2. The van der Waals surface area contributed by atoms with Gasteiger partial charge in [-0.1, -0.05) is 75.9 Å². The zero-order valence-electron chi connectivity index (χ0n) is 15.9. The summed E-state index contributed by atoms with van der Waals surface area (Å²) in [5.41, 5.74) is 0. The first kappa shape index (κ1) is 26.1. The number of unbranched alkanes of at least 4 members (excludes halogenated alkanes) is 3. The summed E-state index contributed by atoms with van der Waals surface area (Å²) in [5, 5.41) is 0. The summed E-state index contributed by atoms with van der Waals surface area (Å²) in [6.07, 6.45) is 5.54. The molecule has 0 fully saturated rings. The number of ether oxygens (including phenoxy) is 2. The predicted molar refractivity (Wildman–Crippen MR) is 101 cm³/mol. The quantitative estimate of drug-likeness (QED) is 0.545. The molecule has 1 rings (SSSR count). The minimum atomic E-state index is 0.844. The van der Waals surface area contributed by atoms with E-state index in [1.54, 1.807) is 0 Å². The number of benzene rings is 1. The minimum absolute atomic E-state index is 0.844. The lowest BCUT2D eigenvalue weighted by molar-refractivity contribution is 0.162. The third-order valence-electron chi connectivity index (χ3n) is 2.44. The van der Waals surface area contributed by atoms with Crippen LogP contribution in [-0.4, -0.2) is 26.4 Å². The van der Waals surface area contributed by atoms with Crippen LogP contribution in [0.2, 0.25) is 0 Å². The Hall–Kier alpha value is -0.860. The Morgan fingerprint density at radius 3 is 0.773 bits per heavy atom. The summed E-state index contributed by atoms with van der Waals surface area (Å²) < 4.78 is 9.67. The van der Waals surface area contributed by atoms with Crippen molar-refractivity contribution in [3.05, 3.63) is 36.4 Å². The molecule has 0 saturated carbocycles. The van der Waals surface area contributed by atoms with Crippen molar-refractivity contribution in [2.24, 2.45) is 0 Å². The summed E-state index contributed by atoms with van der Waals surface area (Å²) in [6, 6.07) is 12.0. The average molecular weight is 313 g/mol. The molecule has 0 heterocycles. The van der Waals surface area contributed by atoms with Crippen LogP contribution in [0.5, 0.6) is 0 Å². The Bertz CT molecular complexity index is 184. The Kier molecular flexibility index (Phi) is 38.1. The highest BCUT2D eigenvalue weighted by Crippen LogP contribution is 1.95. The minimum Gasteiger partial charge on any atom is -0.382 e. The molecule has 0 aliphatic heterocycles. The molecule has 0 N–H and O–H groups in total. The molecule has 132 valence electrons. The topological polar surface area (TPSA) is 18.5 Å². The van der Waals surface area contributed by atoms with E-state index in [4.69, 9.17) is 9.47 Å². The highest BCUT2D eigenvalue weighted by atomic mass is 16.5. The Morgan fingerprint density at radius 1 is 0.455 bits per heavy atom. The molecular formula is C20H40O2. The van der Waals surface area contributed by atoms with Crippen molar-refractivity contribution in [2.75, 3.05) is 26.4 Å². The van der Waals surface area contributed by atoms with Gasteiger partial charge in [0.05, 0.1) is 0 Å². The Balaban J connectivity index is -0.000000220. The largest absolute Gasteiger partial charge is 0.382 e. The van der Waals surface area contributed by atoms with Gasteiger partial charge >= 0.3 is 0 Å². The van der Waals surface area contributed by atoms with Gasteiger partial charge in [0.15, 0.2) is 0 Å². The fourth-order valence-corrected chi connectivity index (χ4v) is 1.29. The van der Waals surface area contributed by atoms with Crippen LogP contribution in [0.15, 0.2) is 36.4 Å². The summed E-state index contributed by atoms with van der Waals surface area (Å²) in [4.78, 5) is 0. The van der Waals surface area contributed by atoms with E-state index in [1.165, 1.54) is 25.7 Å². The zero-order chi connectivity index (χ0) is 17.3. The third-order valence-corrected chi connectivity index (χ3v) is 2.44. The van der Waals surface area contributed by atoms with E-state index in [9.17, 15) is 0 Å². The standard InChI is InChI=1S/C6H6.C6H14.2C4H10O/c1-2-4-6-5-3-1;1-3-5-6-4-2;2*1-3-5-4-2/h1-6H;3-6H2,1-2H3;2*3-4H2,1-2H3. The van der Waals surface area contributed by atoms with E-state index >= 15 is 0 Å². The van der Waals surface area contributed by atoms with E-state index in [1.807, 2.05) is 64.1 Å². The number of hydrogen-bond donors (Lipinski definition) is 0. The molecule has 0 radical (unpaired) electrons. The van der Waals surface area contributed by atoms with Gasteiger partial charge in [-0.2, -0.15) is 0 Å². The Labute approximate surface area is 140 Å². The van der Waals surface area contributed by atoms with Crippen molar-refractivity contribution in [1.29, 1.82) is 0 Å². The summed E-state index contributed by atoms with van der Waals surface area (Å²) in [6.45, 7) is 15.8. The summed E-state index contributed by atoms with van der Waals surface area (Å²) >= 11 is 0. The van der Waals surface area contributed by atoms with Gasteiger partial charge in [-0.3, -0.25) is 0 Å². The highest BCUT2D eigenvalue weighted by molar-refractivity contribution is 4.99. The number of rotatable bonds is 7. The van der Waals surface area contributed by atoms with Crippen LogP contribution in [-0.2, 0) is 9.47 Å². The molecule has 0 amide bonds. The third kappa shape index (κ3) is 42.7. The maximum atomic E-state index is 4.83. The molecule has 1 aromatic carbocycles. The molecule has 0 aliphatic carbocycles. The SMILES string of the molecule is CCCCCC.CCOCC.CCOCC.c1ccccc1. The molecular weight excluding hydrogens is 272 g/mol. The van der Waals surface area contributed by atoms with Crippen LogP contribution in [0.3, 0.4) is 0 Å². The van der Waals surface area contributed by atoms with Gasteiger partial charge < -0.3 is 9.47 Å². The second-order valence-corrected chi connectivity index (χ2v) is 4.42. The first-order valence-electron chi connectivity index (χ1n) is 8.90. The van der Waals surface area contributed by atoms with E-state index in [0.29, 0.717) is 0 Å². The lowest BCUT2D eigenvalue weighted by atomic mass is 10.2. The zero-order valence-corrected chi connectivity index (χ0v) is 15.9. The monoisotopic (exact) mass is 312 g/mol. The fraction of sp³-hybridized carbons (Fsp3) is 0.700. The highest BCUT2D eigenvalue weighted by Gasteiger charge is 1.75. The van der Waals surface area contributed by atoms with Gasteiger partial charge in [0.1, 0.15) is 0 Å². The van der Waals surface area contributed by atoms with Crippen molar-refractivity contribution in [1.82, 2.24) is 0 Å². The smallest absolute Gasteiger partial charge is 0.0437 e. The summed E-state index contributed by atoms with van der Waals surface area (Å²) in [7, 11) is 0. The van der Waals surface area contributed by atoms with Gasteiger partial charge in [-0.05, 0) is 27.7 Å². The van der Waals surface area contributed by atoms with Crippen molar-refractivity contribution < 1.29 is 9.47 Å². The first-order valence-corrected chi connectivity index (χ1v) is 8.90. The van der Waals surface area contributed by atoms with Gasteiger partial charge in [0.25, 0.3) is 0 Å². The maximum Gasteiger partial charge on any atom is 0.0437 e.